The lowest BCUT2D eigenvalue weighted by molar-refractivity contribution is -0.118. The van der Waals surface area contributed by atoms with Crippen LogP contribution in [-0.2, 0) is 4.79 Å². The predicted molar refractivity (Wildman–Crippen MR) is 46.6 cm³/mol. The topological polar surface area (TPSA) is 69.1 Å². The van der Waals surface area contributed by atoms with Gasteiger partial charge in [0.25, 0.3) is 0 Å². The minimum absolute atomic E-state index is 0.0177. The van der Waals surface area contributed by atoms with E-state index in [0.29, 0.717) is 13.0 Å². The SMILES string of the molecule is NCCCC[C@@H](N)C(=O)CCl. The van der Waals surface area contributed by atoms with Gasteiger partial charge in [-0.2, -0.15) is 0 Å². The average molecular weight is 179 g/mol. The lowest BCUT2D eigenvalue weighted by Crippen LogP contribution is -2.31. The van der Waals surface area contributed by atoms with Gasteiger partial charge in [0.05, 0.1) is 11.9 Å². The zero-order valence-corrected chi connectivity index (χ0v) is 7.31. The Labute approximate surface area is 72.1 Å². The van der Waals surface area contributed by atoms with Gasteiger partial charge < -0.3 is 11.5 Å². The maximum atomic E-state index is 10.8. The number of nitrogens with two attached hydrogens (primary N) is 2. The minimum Gasteiger partial charge on any atom is -0.330 e. The molecule has 3 nitrogen and oxygen atoms in total. The van der Waals surface area contributed by atoms with Gasteiger partial charge in [0.2, 0.25) is 0 Å². The summed E-state index contributed by atoms with van der Waals surface area (Å²) < 4.78 is 0. The highest BCUT2D eigenvalue weighted by Gasteiger charge is 2.10. The van der Waals surface area contributed by atoms with Crippen molar-refractivity contribution in [3.8, 4) is 0 Å². The molecule has 1 atom stereocenters. The van der Waals surface area contributed by atoms with Crippen LogP contribution in [0.5, 0.6) is 0 Å². The van der Waals surface area contributed by atoms with Gasteiger partial charge in [-0.3, -0.25) is 4.79 Å². The first-order valence-corrected chi connectivity index (χ1v) is 4.30. The van der Waals surface area contributed by atoms with E-state index in [1.165, 1.54) is 0 Å². The van der Waals surface area contributed by atoms with Crippen molar-refractivity contribution < 1.29 is 4.79 Å². The van der Waals surface area contributed by atoms with Gasteiger partial charge in [-0.05, 0) is 19.4 Å². The van der Waals surface area contributed by atoms with Gasteiger partial charge in [0.15, 0.2) is 5.78 Å². The Bertz CT molecular complexity index is 119. The number of hydrogen-bond donors (Lipinski definition) is 2. The second kappa shape index (κ2) is 6.58. The Morgan fingerprint density at radius 1 is 1.45 bits per heavy atom. The van der Waals surface area contributed by atoms with Crippen LogP contribution in [-0.4, -0.2) is 24.2 Å². The zero-order valence-electron chi connectivity index (χ0n) is 6.55. The molecule has 0 saturated heterocycles. The average Bonchev–Trinajstić information content (AvgIpc) is 2.03. The zero-order chi connectivity index (χ0) is 8.69. The summed E-state index contributed by atoms with van der Waals surface area (Å²) in [5, 5.41) is 0. The van der Waals surface area contributed by atoms with Crippen molar-refractivity contribution in [1.82, 2.24) is 0 Å². The van der Waals surface area contributed by atoms with Gasteiger partial charge >= 0.3 is 0 Å². The van der Waals surface area contributed by atoms with Crippen molar-refractivity contribution in [2.45, 2.75) is 25.3 Å². The Kier molecular flexibility index (Phi) is 6.51. The first kappa shape index (κ1) is 10.9. The number of Topliss-reactive ketones (excluding diaryl/α,β-unsaturated/α-hetero) is 1. The molecule has 0 bridgehead atoms. The summed E-state index contributed by atoms with van der Waals surface area (Å²) in [6.07, 6.45) is 2.52. The van der Waals surface area contributed by atoms with Crippen LogP contribution >= 0.6 is 11.6 Å². The molecule has 0 rings (SSSR count). The van der Waals surface area contributed by atoms with Crippen molar-refractivity contribution in [1.29, 1.82) is 0 Å². The highest BCUT2D eigenvalue weighted by molar-refractivity contribution is 6.28. The van der Waals surface area contributed by atoms with Crippen LogP contribution in [0, 0.1) is 0 Å². The first-order chi connectivity index (χ1) is 5.22. The number of alkyl halides is 1. The molecule has 66 valence electrons. The molecule has 4 N–H and O–H groups in total. The second-order valence-electron chi connectivity index (χ2n) is 2.49. The number of carbonyl (C=O) groups excluding carboxylic acids is 1. The molecular weight excluding hydrogens is 164 g/mol. The van der Waals surface area contributed by atoms with Crippen molar-refractivity contribution in [2.24, 2.45) is 11.5 Å². The van der Waals surface area contributed by atoms with Crippen LogP contribution in [0.2, 0.25) is 0 Å². The molecule has 11 heavy (non-hydrogen) atoms. The van der Waals surface area contributed by atoms with E-state index in [0.717, 1.165) is 12.8 Å². The summed E-state index contributed by atoms with van der Waals surface area (Å²) in [5.74, 6) is -0.0623. The molecule has 0 aliphatic carbocycles. The standard InChI is InChI=1S/C7H15ClN2O/c8-5-7(11)6(10)3-1-2-4-9/h6H,1-5,9-10H2/t6-/m1/s1. The van der Waals surface area contributed by atoms with Crippen molar-refractivity contribution in [3.05, 3.63) is 0 Å². The van der Waals surface area contributed by atoms with Gasteiger partial charge in [-0.15, -0.1) is 11.6 Å². The van der Waals surface area contributed by atoms with Gasteiger partial charge in [-0.25, -0.2) is 0 Å². The molecule has 0 aromatic heterocycles. The highest BCUT2D eigenvalue weighted by Crippen LogP contribution is 1.99. The maximum absolute atomic E-state index is 10.8. The lowest BCUT2D eigenvalue weighted by Gasteiger charge is -2.06. The van der Waals surface area contributed by atoms with Crippen LogP contribution in [0.3, 0.4) is 0 Å². The monoisotopic (exact) mass is 178 g/mol. The summed E-state index contributed by atoms with van der Waals surface area (Å²) in [6, 6.07) is -0.390. The summed E-state index contributed by atoms with van der Waals surface area (Å²) in [5.41, 5.74) is 10.8. The van der Waals surface area contributed by atoms with Crippen LogP contribution in [0.25, 0.3) is 0 Å². The summed E-state index contributed by atoms with van der Waals surface area (Å²) >= 11 is 5.31. The van der Waals surface area contributed by atoms with Gasteiger partial charge in [-0.1, -0.05) is 6.42 Å². The lowest BCUT2D eigenvalue weighted by atomic mass is 10.1. The van der Waals surface area contributed by atoms with Gasteiger partial charge in [0, 0.05) is 0 Å². The van der Waals surface area contributed by atoms with Crippen molar-refractivity contribution >= 4 is 17.4 Å². The molecular formula is C7H15ClN2O. The minimum atomic E-state index is -0.390. The maximum Gasteiger partial charge on any atom is 0.164 e. The molecule has 0 saturated carbocycles. The predicted octanol–water partition coefficient (Wildman–Crippen LogP) is 0.251. The molecule has 4 heteroatoms. The Hall–Kier alpha value is -0.120. The molecule has 0 spiro atoms. The second-order valence-corrected chi connectivity index (χ2v) is 2.76. The van der Waals surface area contributed by atoms with Crippen LogP contribution < -0.4 is 11.5 Å². The molecule has 0 aromatic carbocycles. The third kappa shape index (κ3) is 5.18. The fourth-order valence-corrected chi connectivity index (χ4v) is 0.967. The summed E-state index contributed by atoms with van der Waals surface area (Å²) in [6.45, 7) is 0.655. The normalized spacial score (nSPS) is 13.0. The Morgan fingerprint density at radius 3 is 2.55 bits per heavy atom. The van der Waals surface area contributed by atoms with Crippen molar-refractivity contribution in [3.63, 3.8) is 0 Å². The van der Waals surface area contributed by atoms with E-state index >= 15 is 0 Å². The third-order valence-electron chi connectivity index (χ3n) is 1.51. The molecule has 0 fully saturated rings. The largest absolute Gasteiger partial charge is 0.330 e. The van der Waals surface area contributed by atoms with Gasteiger partial charge in [0.1, 0.15) is 0 Å². The third-order valence-corrected chi connectivity index (χ3v) is 1.78. The van der Waals surface area contributed by atoms with E-state index in [9.17, 15) is 4.79 Å². The van der Waals surface area contributed by atoms with Crippen LogP contribution in [0.15, 0.2) is 0 Å². The Morgan fingerprint density at radius 2 is 2.09 bits per heavy atom. The molecule has 0 radical (unpaired) electrons. The molecule has 0 amide bonds. The van der Waals surface area contributed by atoms with Crippen molar-refractivity contribution in [2.75, 3.05) is 12.4 Å². The Balaban J connectivity index is 3.36. The van der Waals surface area contributed by atoms with E-state index in [1.807, 2.05) is 0 Å². The number of halogens is 1. The summed E-state index contributed by atoms with van der Waals surface area (Å²) in [4.78, 5) is 10.8. The number of carbonyl (C=O) groups is 1. The van der Waals surface area contributed by atoms with E-state index in [-0.39, 0.29) is 17.7 Å². The number of hydrogen-bond acceptors (Lipinski definition) is 3. The van der Waals surface area contributed by atoms with Crippen LogP contribution in [0.4, 0.5) is 0 Å². The number of unbranched alkanes of at least 4 members (excludes halogenated alkanes) is 1. The smallest absolute Gasteiger partial charge is 0.164 e. The molecule has 0 heterocycles. The molecule has 0 aromatic rings. The van der Waals surface area contributed by atoms with E-state index < -0.39 is 0 Å². The van der Waals surface area contributed by atoms with E-state index in [2.05, 4.69) is 0 Å². The fourth-order valence-electron chi connectivity index (χ4n) is 0.769. The van der Waals surface area contributed by atoms with Crippen LogP contribution in [0.1, 0.15) is 19.3 Å². The summed E-state index contributed by atoms with van der Waals surface area (Å²) in [7, 11) is 0. The molecule has 0 aliphatic rings. The highest BCUT2D eigenvalue weighted by atomic mass is 35.5. The van der Waals surface area contributed by atoms with E-state index in [4.69, 9.17) is 23.1 Å². The van der Waals surface area contributed by atoms with E-state index in [1.54, 1.807) is 0 Å². The quantitative estimate of drug-likeness (QED) is 0.453. The number of ketones is 1. The fraction of sp³-hybridized carbons (Fsp3) is 0.857. The molecule has 0 unspecified atom stereocenters. The number of rotatable bonds is 6. The molecule has 0 aliphatic heterocycles. The first-order valence-electron chi connectivity index (χ1n) is 3.76.